The first-order valence-electron chi connectivity index (χ1n) is 6.74. The lowest BCUT2D eigenvalue weighted by Crippen LogP contribution is -2.27. The highest BCUT2D eigenvalue weighted by Gasteiger charge is 2.38. The molecule has 2 unspecified atom stereocenters. The smallest absolute Gasteiger partial charge is 0.240 e. The zero-order valence-corrected chi connectivity index (χ0v) is 12.5. The number of hydrogen-bond donors (Lipinski definition) is 2. The molecule has 0 heterocycles. The number of aryl methyl sites for hydroxylation is 1. The Kier molecular flexibility index (Phi) is 4.28. The molecule has 2 rings (SSSR count). The largest absolute Gasteiger partial charge is 0.316 e. The van der Waals surface area contributed by atoms with Crippen molar-refractivity contribution in [2.45, 2.75) is 44.2 Å². The van der Waals surface area contributed by atoms with Gasteiger partial charge in [0, 0.05) is 12.6 Å². The predicted octanol–water partition coefficient (Wildman–Crippen LogP) is 1.79. The summed E-state index contributed by atoms with van der Waals surface area (Å²) in [6.45, 7) is 4.76. The first kappa shape index (κ1) is 14.5. The molecule has 1 aliphatic rings. The molecule has 1 saturated carbocycles. The summed E-state index contributed by atoms with van der Waals surface area (Å²) in [6.07, 6.45) is 2.00. The third-order valence-electron chi connectivity index (χ3n) is 3.75. The standard InChI is InChI=1S/C14H22N2O2S/c1-4-11-8-14(11)16-19(17,18)13-6-5-10(2)12(7-13)9-15-3/h5-7,11,14-16H,4,8-9H2,1-3H3. The summed E-state index contributed by atoms with van der Waals surface area (Å²) >= 11 is 0. The molecule has 0 bridgehead atoms. The summed E-state index contributed by atoms with van der Waals surface area (Å²) in [5.41, 5.74) is 2.12. The van der Waals surface area contributed by atoms with E-state index < -0.39 is 10.0 Å². The molecule has 2 atom stereocenters. The van der Waals surface area contributed by atoms with Gasteiger partial charge in [0.1, 0.15) is 0 Å². The number of benzene rings is 1. The second kappa shape index (κ2) is 5.61. The fourth-order valence-corrected chi connectivity index (χ4v) is 3.67. The average Bonchev–Trinajstić information content (AvgIpc) is 3.09. The van der Waals surface area contributed by atoms with Gasteiger partial charge in [0.05, 0.1) is 4.90 Å². The van der Waals surface area contributed by atoms with Crippen molar-refractivity contribution in [1.29, 1.82) is 0 Å². The van der Waals surface area contributed by atoms with Gasteiger partial charge in [-0.25, -0.2) is 13.1 Å². The topological polar surface area (TPSA) is 58.2 Å². The van der Waals surface area contributed by atoms with Crippen LogP contribution in [0.25, 0.3) is 0 Å². The highest BCUT2D eigenvalue weighted by molar-refractivity contribution is 7.89. The van der Waals surface area contributed by atoms with E-state index in [0.29, 0.717) is 17.4 Å². The molecule has 19 heavy (non-hydrogen) atoms. The van der Waals surface area contributed by atoms with Crippen LogP contribution in [-0.4, -0.2) is 21.5 Å². The summed E-state index contributed by atoms with van der Waals surface area (Å²) in [5.74, 6) is 0.511. The van der Waals surface area contributed by atoms with Gasteiger partial charge in [-0.15, -0.1) is 0 Å². The average molecular weight is 282 g/mol. The minimum Gasteiger partial charge on any atom is -0.316 e. The van der Waals surface area contributed by atoms with E-state index in [9.17, 15) is 8.42 Å². The van der Waals surface area contributed by atoms with Gasteiger partial charge in [-0.05, 0) is 49.6 Å². The van der Waals surface area contributed by atoms with Gasteiger partial charge >= 0.3 is 0 Å². The lowest BCUT2D eigenvalue weighted by molar-refractivity contribution is 0.575. The normalized spacial score (nSPS) is 22.5. The van der Waals surface area contributed by atoms with Gasteiger partial charge in [0.15, 0.2) is 0 Å². The molecule has 1 fully saturated rings. The Bertz CT molecular complexity index is 555. The van der Waals surface area contributed by atoms with E-state index >= 15 is 0 Å². The van der Waals surface area contributed by atoms with Crippen LogP contribution in [0, 0.1) is 12.8 Å². The number of nitrogens with one attached hydrogen (secondary N) is 2. The Hall–Kier alpha value is -0.910. The van der Waals surface area contributed by atoms with Gasteiger partial charge < -0.3 is 5.32 Å². The van der Waals surface area contributed by atoms with E-state index in [2.05, 4.69) is 17.0 Å². The van der Waals surface area contributed by atoms with Crippen LogP contribution >= 0.6 is 0 Å². The van der Waals surface area contributed by atoms with E-state index in [1.807, 2.05) is 20.0 Å². The van der Waals surface area contributed by atoms with E-state index in [1.165, 1.54) is 0 Å². The fourth-order valence-electron chi connectivity index (χ4n) is 2.31. The van der Waals surface area contributed by atoms with Crippen LogP contribution < -0.4 is 10.0 Å². The van der Waals surface area contributed by atoms with Gasteiger partial charge in [-0.1, -0.05) is 19.4 Å². The van der Waals surface area contributed by atoms with Crippen LogP contribution in [-0.2, 0) is 16.6 Å². The van der Waals surface area contributed by atoms with Crippen molar-refractivity contribution in [1.82, 2.24) is 10.0 Å². The van der Waals surface area contributed by atoms with Crippen LogP contribution in [0.2, 0.25) is 0 Å². The highest BCUT2D eigenvalue weighted by Crippen LogP contribution is 2.34. The van der Waals surface area contributed by atoms with Crippen molar-refractivity contribution in [3.63, 3.8) is 0 Å². The second-order valence-corrected chi connectivity index (χ2v) is 6.96. The van der Waals surface area contributed by atoms with E-state index in [0.717, 1.165) is 24.0 Å². The van der Waals surface area contributed by atoms with E-state index in [1.54, 1.807) is 12.1 Å². The van der Waals surface area contributed by atoms with Crippen LogP contribution in [0.15, 0.2) is 23.1 Å². The molecule has 1 aromatic rings. The lowest BCUT2D eigenvalue weighted by atomic mass is 10.1. The zero-order valence-electron chi connectivity index (χ0n) is 11.7. The molecule has 106 valence electrons. The molecule has 0 saturated heterocycles. The van der Waals surface area contributed by atoms with Crippen molar-refractivity contribution in [2.24, 2.45) is 5.92 Å². The molecule has 1 aliphatic carbocycles. The molecule has 4 nitrogen and oxygen atoms in total. The van der Waals surface area contributed by atoms with E-state index in [-0.39, 0.29) is 6.04 Å². The Labute approximate surface area is 115 Å². The van der Waals surface area contributed by atoms with Gasteiger partial charge in [0.25, 0.3) is 0 Å². The molecule has 0 aliphatic heterocycles. The Morgan fingerprint density at radius 3 is 2.68 bits per heavy atom. The molecular formula is C14H22N2O2S. The number of rotatable bonds is 6. The molecule has 0 spiro atoms. The van der Waals surface area contributed by atoms with Gasteiger partial charge in [-0.2, -0.15) is 0 Å². The molecule has 1 aromatic carbocycles. The maximum atomic E-state index is 12.3. The maximum Gasteiger partial charge on any atom is 0.240 e. The molecule has 0 aromatic heterocycles. The minimum absolute atomic E-state index is 0.129. The van der Waals surface area contributed by atoms with Gasteiger partial charge in [-0.3, -0.25) is 0 Å². The highest BCUT2D eigenvalue weighted by atomic mass is 32.2. The Morgan fingerprint density at radius 2 is 2.11 bits per heavy atom. The van der Waals surface area contributed by atoms with Crippen molar-refractivity contribution in [3.05, 3.63) is 29.3 Å². The fraction of sp³-hybridized carbons (Fsp3) is 0.571. The summed E-state index contributed by atoms with van der Waals surface area (Å²) in [4.78, 5) is 0.366. The summed E-state index contributed by atoms with van der Waals surface area (Å²) < 4.78 is 27.3. The first-order valence-corrected chi connectivity index (χ1v) is 8.22. The van der Waals surface area contributed by atoms with Crippen molar-refractivity contribution < 1.29 is 8.42 Å². The minimum atomic E-state index is -3.38. The Morgan fingerprint density at radius 1 is 1.37 bits per heavy atom. The molecule has 5 heteroatoms. The molecular weight excluding hydrogens is 260 g/mol. The van der Waals surface area contributed by atoms with Crippen LogP contribution in [0.1, 0.15) is 30.9 Å². The zero-order chi connectivity index (χ0) is 14.0. The SMILES string of the molecule is CCC1CC1NS(=O)(=O)c1ccc(C)c(CNC)c1. The third kappa shape index (κ3) is 3.35. The second-order valence-electron chi connectivity index (χ2n) is 5.25. The number of hydrogen-bond acceptors (Lipinski definition) is 3. The third-order valence-corrected chi connectivity index (χ3v) is 5.24. The maximum absolute atomic E-state index is 12.3. The Balaban J connectivity index is 2.18. The van der Waals surface area contributed by atoms with Crippen LogP contribution in [0.4, 0.5) is 0 Å². The lowest BCUT2D eigenvalue weighted by Gasteiger charge is -2.10. The van der Waals surface area contributed by atoms with Crippen LogP contribution in [0.5, 0.6) is 0 Å². The van der Waals surface area contributed by atoms with Crippen LogP contribution in [0.3, 0.4) is 0 Å². The quantitative estimate of drug-likeness (QED) is 0.836. The van der Waals surface area contributed by atoms with Gasteiger partial charge in [0.2, 0.25) is 10.0 Å². The van der Waals surface area contributed by atoms with Crippen molar-refractivity contribution in [3.8, 4) is 0 Å². The van der Waals surface area contributed by atoms with E-state index in [4.69, 9.17) is 0 Å². The molecule has 0 radical (unpaired) electrons. The summed E-state index contributed by atoms with van der Waals surface area (Å²) in [7, 11) is -1.52. The molecule has 0 amide bonds. The first-order chi connectivity index (χ1) is 8.97. The summed E-state index contributed by atoms with van der Waals surface area (Å²) in [5, 5.41) is 3.06. The monoisotopic (exact) mass is 282 g/mol. The van der Waals surface area contributed by atoms with Crippen molar-refractivity contribution in [2.75, 3.05) is 7.05 Å². The summed E-state index contributed by atoms with van der Waals surface area (Å²) in [6, 6.07) is 5.44. The number of sulfonamides is 1. The molecule has 2 N–H and O–H groups in total. The predicted molar refractivity (Wildman–Crippen MR) is 76.5 cm³/mol. The van der Waals surface area contributed by atoms with Crippen molar-refractivity contribution >= 4 is 10.0 Å².